The normalized spacial score (nSPS) is 20.9. The number of amides is 3. The van der Waals surface area contributed by atoms with E-state index in [0.717, 1.165) is 36.8 Å². The molecule has 0 spiro atoms. The van der Waals surface area contributed by atoms with Gasteiger partial charge in [-0.2, -0.15) is 5.26 Å². The minimum atomic E-state index is -0.407. The minimum absolute atomic E-state index is 0.0292. The number of hydrogen-bond donors (Lipinski definition) is 1. The zero-order valence-electron chi connectivity index (χ0n) is 22.0. The number of rotatable bonds is 7. The van der Waals surface area contributed by atoms with Crippen LogP contribution in [0.3, 0.4) is 0 Å². The molecule has 39 heavy (non-hydrogen) atoms. The molecule has 5 rings (SSSR count). The van der Waals surface area contributed by atoms with Gasteiger partial charge in [0.1, 0.15) is 30.0 Å². The standard InChI is InChI=1S/C28H32N6O5/c1-38-24-6-2-4-18(24)10-20-12-25(30-14-22(20)13-29)32-28(37)34-7-3-5-19-11-21(23(16-35)31-27(19)34)15-33-8-9-39-17-26(33)36/h11-12,14,16,18,24H,2-10,15,17H2,1H3,(H,30,32,37)/t18-,24+/m0/s1. The van der Waals surface area contributed by atoms with Crippen LogP contribution in [0.5, 0.6) is 0 Å². The molecular formula is C28H32N6O5. The number of aldehydes is 1. The fourth-order valence-corrected chi connectivity index (χ4v) is 5.75. The molecule has 2 atom stereocenters. The summed E-state index contributed by atoms with van der Waals surface area (Å²) in [6, 6.07) is 5.44. The summed E-state index contributed by atoms with van der Waals surface area (Å²) in [5, 5.41) is 12.5. The molecule has 11 heteroatoms. The predicted molar refractivity (Wildman–Crippen MR) is 141 cm³/mol. The number of nitrogens with one attached hydrogen (secondary N) is 1. The van der Waals surface area contributed by atoms with Gasteiger partial charge in [0, 0.05) is 38.5 Å². The summed E-state index contributed by atoms with van der Waals surface area (Å²) in [5.41, 5.74) is 3.02. The topological polar surface area (TPSA) is 138 Å². The summed E-state index contributed by atoms with van der Waals surface area (Å²) in [6.45, 7) is 1.64. The molecule has 1 N–H and O–H groups in total. The van der Waals surface area contributed by atoms with Crippen molar-refractivity contribution in [1.29, 1.82) is 5.26 Å². The van der Waals surface area contributed by atoms with Crippen LogP contribution < -0.4 is 10.2 Å². The first kappa shape index (κ1) is 26.7. The zero-order valence-corrected chi connectivity index (χ0v) is 22.0. The highest BCUT2D eigenvalue weighted by atomic mass is 16.5. The molecule has 2 aromatic heterocycles. The molecular weight excluding hydrogens is 500 g/mol. The Morgan fingerprint density at radius 3 is 2.92 bits per heavy atom. The molecule has 4 heterocycles. The Morgan fingerprint density at radius 1 is 1.28 bits per heavy atom. The van der Waals surface area contributed by atoms with Crippen LogP contribution in [0.25, 0.3) is 0 Å². The lowest BCUT2D eigenvalue weighted by Gasteiger charge is -2.31. The van der Waals surface area contributed by atoms with Gasteiger partial charge in [-0.15, -0.1) is 0 Å². The van der Waals surface area contributed by atoms with E-state index in [1.165, 1.54) is 11.1 Å². The first-order valence-electron chi connectivity index (χ1n) is 13.3. The number of urea groups is 1. The van der Waals surface area contributed by atoms with E-state index in [-0.39, 0.29) is 30.9 Å². The van der Waals surface area contributed by atoms with Crippen molar-refractivity contribution < 1.29 is 23.9 Å². The number of carbonyl (C=O) groups is 3. The Morgan fingerprint density at radius 2 is 2.15 bits per heavy atom. The fourth-order valence-electron chi connectivity index (χ4n) is 5.75. The Labute approximate surface area is 227 Å². The smallest absolute Gasteiger partial charge is 0.328 e. The molecule has 3 aliphatic rings. The second kappa shape index (κ2) is 11.9. The fraction of sp³-hybridized carbons (Fsp3) is 0.500. The summed E-state index contributed by atoms with van der Waals surface area (Å²) in [4.78, 5) is 49.5. The van der Waals surface area contributed by atoms with E-state index in [1.54, 1.807) is 18.1 Å². The van der Waals surface area contributed by atoms with Crippen molar-refractivity contribution >= 4 is 29.9 Å². The highest BCUT2D eigenvalue weighted by molar-refractivity contribution is 6.01. The number of hydrogen-bond acceptors (Lipinski definition) is 8. The van der Waals surface area contributed by atoms with E-state index in [0.29, 0.717) is 67.5 Å². The van der Waals surface area contributed by atoms with Crippen LogP contribution in [0.1, 0.15) is 58.4 Å². The van der Waals surface area contributed by atoms with Gasteiger partial charge in [0.25, 0.3) is 0 Å². The van der Waals surface area contributed by atoms with E-state index in [9.17, 15) is 19.6 Å². The average molecular weight is 533 g/mol. The maximum absolute atomic E-state index is 13.4. The summed E-state index contributed by atoms with van der Waals surface area (Å²) >= 11 is 0. The maximum atomic E-state index is 13.4. The van der Waals surface area contributed by atoms with Crippen molar-refractivity contribution in [2.24, 2.45) is 5.92 Å². The molecule has 0 bridgehead atoms. The second-order valence-electron chi connectivity index (χ2n) is 10.2. The van der Waals surface area contributed by atoms with E-state index >= 15 is 0 Å². The number of fused-ring (bicyclic) bond motifs is 1. The van der Waals surface area contributed by atoms with Crippen molar-refractivity contribution in [3.8, 4) is 6.07 Å². The molecule has 1 aliphatic carbocycles. The first-order chi connectivity index (χ1) is 19.0. The van der Waals surface area contributed by atoms with Gasteiger partial charge in [0.2, 0.25) is 5.91 Å². The quantitative estimate of drug-likeness (QED) is 0.538. The van der Waals surface area contributed by atoms with Crippen molar-refractivity contribution in [3.05, 3.63) is 46.3 Å². The summed E-state index contributed by atoms with van der Waals surface area (Å²) in [5.74, 6) is 0.971. The SMILES string of the molecule is CO[C@@H]1CCC[C@H]1Cc1cc(NC(=O)N2CCCc3cc(CN4CCOCC4=O)c(C=O)nc32)ncc1C#N. The molecule has 1 saturated carbocycles. The van der Waals surface area contributed by atoms with Crippen LogP contribution in [0.4, 0.5) is 16.4 Å². The Bertz CT molecular complexity index is 1310. The van der Waals surface area contributed by atoms with E-state index in [2.05, 4.69) is 21.4 Å². The monoisotopic (exact) mass is 532 g/mol. The lowest BCUT2D eigenvalue weighted by Crippen LogP contribution is -2.42. The third kappa shape index (κ3) is 5.77. The molecule has 2 aliphatic heterocycles. The second-order valence-corrected chi connectivity index (χ2v) is 10.2. The number of pyridine rings is 2. The molecule has 0 radical (unpaired) electrons. The molecule has 3 amide bonds. The number of ether oxygens (including phenoxy) is 2. The third-order valence-corrected chi connectivity index (χ3v) is 7.80. The third-order valence-electron chi connectivity index (χ3n) is 7.80. The van der Waals surface area contributed by atoms with Gasteiger partial charge >= 0.3 is 6.03 Å². The maximum Gasteiger partial charge on any atom is 0.328 e. The molecule has 11 nitrogen and oxygen atoms in total. The first-order valence-corrected chi connectivity index (χ1v) is 13.3. The zero-order chi connectivity index (χ0) is 27.4. The van der Waals surface area contributed by atoms with Gasteiger partial charge in [-0.1, -0.05) is 6.42 Å². The Hall–Kier alpha value is -3.88. The van der Waals surface area contributed by atoms with E-state index in [1.807, 2.05) is 6.07 Å². The van der Waals surface area contributed by atoms with Crippen LogP contribution in [0.2, 0.25) is 0 Å². The minimum Gasteiger partial charge on any atom is -0.381 e. The van der Waals surface area contributed by atoms with Crippen LogP contribution in [-0.4, -0.2) is 72.6 Å². The molecule has 1 saturated heterocycles. The number of morpholine rings is 1. The number of nitriles is 1. The Balaban J connectivity index is 1.35. The Kier molecular flexibility index (Phi) is 8.14. The number of anilines is 2. The van der Waals surface area contributed by atoms with Crippen LogP contribution in [0, 0.1) is 17.2 Å². The molecule has 204 valence electrons. The van der Waals surface area contributed by atoms with Crippen molar-refractivity contribution in [3.63, 3.8) is 0 Å². The number of nitrogens with zero attached hydrogens (tertiary/aromatic N) is 5. The largest absolute Gasteiger partial charge is 0.381 e. The average Bonchev–Trinajstić information content (AvgIpc) is 3.40. The number of aromatic nitrogens is 2. The van der Waals surface area contributed by atoms with Crippen LogP contribution in [0.15, 0.2) is 18.3 Å². The van der Waals surface area contributed by atoms with Gasteiger partial charge in [-0.25, -0.2) is 14.8 Å². The van der Waals surface area contributed by atoms with Gasteiger partial charge in [0.15, 0.2) is 6.29 Å². The lowest BCUT2D eigenvalue weighted by atomic mass is 9.94. The van der Waals surface area contributed by atoms with Crippen molar-refractivity contribution in [2.75, 3.05) is 43.6 Å². The van der Waals surface area contributed by atoms with Crippen molar-refractivity contribution in [2.45, 2.75) is 51.2 Å². The predicted octanol–water partition coefficient (Wildman–Crippen LogP) is 2.86. The molecule has 0 unspecified atom stereocenters. The molecule has 2 aromatic rings. The summed E-state index contributed by atoms with van der Waals surface area (Å²) in [6.07, 6.45) is 7.56. The van der Waals surface area contributed by atoms with Crippen LogP contribution >= 0.6 is 0 Å². The van der Waals surface area contributed by atoms with Crippen molar-refractivity contribution in [1.82, 2.24) is 14.9 Å². The summed E-state index contributed by atoms with van der Waals surface area (Å²) in [7, 11) is 1.72. The van der Waals surface area contributed by atoms with Gasteiger partial charge in [-0.3, -0.25) is 19.8 Å². The number of aryl methyl sites for hydroxylation is 1. The van der Waals surface area contributed by atoms with Gasteiger partial charge < -0.3 is 14.4 Å². The highest BCUT2D eigenvalue weighted by Crippen LogP contribution is 2.32. The molecule has 0 aromatic carbocycles. The number of methoxy groups -OCH3 is 1. The lowest BCUT2D eigenvalue weighted by molar-refractivity contribution is -0.143. The molecule has 2 fully saturated rings. The summed E-state index contributed by atoms with van der Waals surface area (Å²) < 4.78 is 10.8. The van der Waals surface area contributed by atoms with Crippen LogP contribution in [-0.2, 0) is 33.7 Å². The van der Waals surface area contributed by atoms with E-state index < -0.39 is 6.03 Å². The number of carbonyl (C=O) groups excluding carboxylic acids is 3. The van der Waals surface area contributed by atoms with Gasteiger partial charge in [-0.05, 0) is 61.3 Å². The van der Waals surface area contributed by atoms with E-state index in [4.69, 9.17) is 9.47 Å². The highest BCUT2D eigenvalue weighted by Gasteiger charge is 2.30. The van der Waals surface area contributed by atoms with Gasteiger partial charge in [0.05, 0.1) is 18.3 Å².